The molecule has 0 unspecified atom stereocenters. The summed E-state index contributed by atoms with van der Waals surface area (Å²) in [6, 6.07) is 5.90. The molecule has 0 radical (unpaired) electrons. The minimum absolute atomic E-state index is 0.644. The molecule has 0 aliphatic carbocycles. The molecule has 1 N–H and O–H groups in total. The molecular formula is C13H17N3OS. The van der Waals surface area contributed by atoms with Crippen LogP contribution >= 0.6 is 11.8 Å². The minimum Gasteiger partial charge on any atom is -0.436 e. The molecule has 0 saturated heterocycles. The van der Waals surface area contributed by atoms with Crippen molar-refractivity contribution < 1.29 is 4.42 Å². The Labute approximate surface area is 111 Å². The van der Waals surface area contributed by atoms with Crippen molar-refractivity contribution in [2.24, 2.45) is 0 Å². The molecule has 96 valence electrons. The van der Waals surface area contributed by atoms with Crippen LogP contribution in [0.25, 0.3) is 0 Å². The Balaban J connectivity index is 2.09. The van der Waals surface area contributed by atoms with E-state index in [1.807, 2.05) is 32.0 Å². The van der Waals surface area contributed by atoms with Crippen LogP contribution in [-0.2, 0) is 0 Å². The second-order valence-electron chi connectivity index (χ2n) is 4.01. The summed E-state index contributed by atoms with van der Waals surface area (Å²) in [5.41, 5.74) is 0.928. The van der Waals surface area contributed by atoms with E-state index >= 15 is 0 Å². The van der Waals surface area contributed by atoms with Crippen LogP contribution in [0, 0.1) is 13.8 Å². The number of pyridine rings is 1. The van der Waals surface area contributed by atoms with E-state index in [4.69, 9.17) is 4.42 Å². The highest BCUT2D eigenvalue weighted by atomic mass is 32.2. The van der Waals surface area contributed by atoms with Crippen LogP contribution in [0.4, 0.5) is 5.82 Å². The normalized spacial score (nSPS) is 10.6. The highest BCUT2D eigenvalue weighted by Crippen LogP contribution is 2.27. The zero-order chi connectivity index (χ0) is 13.0. The molecular weight excluding hydrogens is 246 g/mol. The number of oxazole rings is 1. The summed E-state index contributed by atoms with van der Waals surface area (Å²) in [4.78, 5) is 8.83. The topological polar surface area (TPSA) is 51.0 Å². The Kier molecular flexibility index (Phi) is 4.25. The molecule has 0 fully saturated rings. The third-order valence-electron chi connectivity index (χ3n) is 2.48. The van der Waals surface area contributed by atoms with E-state index in [-0.39, 0.29) is 0 Å². The molecule has 0 saturated carbocycles. The molecule has 18 heavy (non-hydrogen) atoms. The lowest BCUT2D eigenvalue weighted by Gasteiger charge is -2.04. The maximum Gasteiger partial charge on any atom is 0.262 e. The van der Waals surface area contributed by atoms with Crippen LogP contribution in [0.2, 0.25) is 0 Å². The van der Waals surface area contributed by atoms with Gasteiger partial charge in [-0.25, -0.2) is 9.97 Å². The van der Waals surface area contributed by atoms with Crippen LogP contribution in [0.15, 0.2) is 32.9 Å². The number of hydrogen-bond donors (Lipinski definition) is 1. The Morgan fingerprint density at radius 3 is 2.78 bits per heavy atom. The first-order valence-corrected chi connectivity index (χ1v) is 6.83. The number of nitrogens with one attached hydrogen (secondary N) is 1. The van der Waals surface area contributed by atoms with Gasteiger partial charge < -0.3 is 9.73 Å². The van der Waals surface area contributed by atoms with E-state index in [0.29, 0.717) is 5.22 Å². The summed E-state index contributed by atoms with van der Waals surface area (Å²) < 4.78 is 5.53. The van der Waals surface area contributed by atoms with Crippen molar-refractivity contribution in [2.75, 3.05) is 11.9 Å². The first-order valence-electron chi connectivity index (χ1n) is 6.02. The highest BCUT2D eigenvalue weighted by Gasteiger charge is 2.08. The number of rotatable bonds is 5. The Morgan fingerprint density at radius 2 is 2.11 bits per heavy atom. The Hall–Kier alpha value is -1.49. The fourth-order valence-electron chi connectivity index (χ4n) is 1.40. The summed E-state index contributed by atoms with van der Waals surface area (Å²) in [6.45, 7) is 6.91. The first kappa shape index (κ1) is 13.0. The van der Waals surface area contributed by atoms with Crippen molar-refractivity contribution in [3.8, 4) is 0 Å². The Bertz CT molecular complexity index is 505. The van der Waals surface area contributed by atoms with Gasteiger partial charge in [0, 0.05) is 6.54 Å². The molecule has 0 amide bonds. The molecule has 0 bridgehead atoms. The maximum absolute atomic E-state index is 5.53. The van der Waals surface area contributed by atoms with Gasteiger partial charge in [0.05, 0.1) is 5.69 Å². The van der Waals surface area contributed by atoms with Gasteiger partial charge in [0.15, 0.2) is 0 Å². The van der Waals surface area contributed by atoms with Gasteiger partial charge in [0.25, 0.3) is 5.22 Å². The van der Waals surface area contributed by atoms with Crippen molar-refractivity contribution in [3.63, 3.8) is 0 Å². The molecule has 2 aromatic heterocycles. The molecule has 2 heterocycles. The van der Waals surface area contributed by atoms with Crippen molar-refractivity contribution in [3.05, 3.63) is 29.7 Å². The summed E-state index contributed by atoms with van der Waals surface area (Å²) in [7, 11) is 0. The summed E-state index contributed by atoms with van der Waals surface area (Å²) in [5, 5.41) is 4.79. The van der Waals surface area contributed by atoms with Gasteiger partial charge in [-0.2, -0.15) is 0 Å². The number of hydrogen-bond acceptors (Lipinski definition) is 5. The van der Waals surface area contributed by atoms with E-state index in [1.54, 1.807) is 0 Å². The van der Waals surface area contributed by atoms with Gasteiger partial charge in [0.1, 0.15) is 16.6 Å². The zero-order valence-electron chi connectivity index (χ0n) is 10.9. The van der Waals surface area contributed by atoms with E-state index < -0.39 is 0 Å². The number of anilines is 1. The third kappa shape index (κ3) is 3.26. The lowest BCUT2D eigenvalue weighted by atomic mass is 10.4. The second-order valence-corrected chi connectivity index (χ2v) is 4.98. The highest BCUT2D eigenvalue weighted by molar-refractivity contribution is 7.99. The van der Waals surface area contributed by atoms with Gasteiger partial charge in [-0.3, -0.25) is 0 Å². The largest absolute Gasteiger partial charge is 0.436 e. The average Bonchev–Trinajstić information content (AvgIpc) is 2.66. The lowest BCUT2D eigenvalue weighted by molar-refractivity contribution is 0.431. The van der Waals surface area contributed by atoms with Crippen molar-refractivity contribution >= 4 is 17.6 Å². The number of aromatic nitrogens is 2. The van der Waals surface area contributed by atoms with E-state index in [9.17, 15) is 0 Å². The Morgan fingerprint density at radius 1 is 1.28 bits per heavy atom. The van der Waals surface area contributed by atoms with Gasteiger partial charge >= 0.3 is 0 Å². The predicted molar refractivity (Wildman–Crippen MR) is 73.1 cm³/mol. The first-order chi connectivity index (χ1) is 8.69. The molecule has 0 aliphatic rings. The van der Waals surface area contributed by atoms with Crippen LogP contribution in [0.3, 0.4) is 0 Å². The summed E-state index contributed by atoms with van der Waals surface area (Å²) in [6.07, 6.45) is 1.08. The lowest BCUT2D eigenvalue weighted by Crippen LogP contribution is -2.01. The molecule has 0 atom stereocenters. The van der Waals surface area contributed by atoms with Gasteiger partial charge in [-0.1, -0.05) is 13.0 Å². The zero-order valence-corrected chi connectivity index (χ0v) is 11.7. The van der Waals surface area contributed by atoms with Gasteiger partial charge in [0.2, 0.25) is 0 Å². The van der Waals surface area contributed by atoms with E-state index in [2.05, 4.69) is 22.2 Å². The fourth-order valence-corrected chi connectivity index (χ4v) is 2.22. The van der Waals surface area contributed by atoms with E-state index in [0.717, 1.165) is 35.3 Å². The molecule has 2 aromatic rings. The molecule has 0 aromatic carbocycles. The van der Waals surface area contributed by atoms with Crippen molar-refractivity contribution in [1.29, 1.82) is 0 Å². The molecule has 0 spiro atoms. The SMILES string of the molecule is CCCNc1cccc(Sc2nc(C)c(C)o2)n1. The number of nitrogens with zero attached hydrogens (tertiary/aromatic N) is 2. The predicted octanol–water partition coefficient (Wildman–Crippen LogP) is 3.66. The van der Waals surface area contributed by atoms with Gasteiger partial charge in [-0.15, -0.1) is 0 Å². The third-order valence-corrected chi connectivity index (χ3v) is 3.27. The monoisotopic (exact) mass is 263 g/mol. The fraction of sp³-hybridized carbons (Fsp3) is 0.385. The summed E-state index contributed by atoms with van der Waals surface area (Å²) >= 11 is 1.44. The standard InChI is InChI=1S/C13H17N3OS/c1-4-8-14-11-6-5-7-12(16-11)18-13-15-9(2)10(3)17-13/h5-7H,4,8H2,1-3H3,(H,14,16). The van der Waals surface area contributed by atoms with Crippen molar-refractivity contribution in [1.82, 2.24) is 9.97 Å². The summed E-state index contributed by atoms with van der Waals surface area (Å²) in [5.74, 6) is 1.75. The van der Waals surface area contributed by atoms with Crippen LogP contribution in [0.1, 0.15) is 24.8 Å². The second kappa shape index (κ2) is 5.91. The smallest absolute Gasteiger partial charge is 0.262 e. The van der Waals surface area contributed by atoms with Crippen molar-refractivity contribution in [2.45, 2.75) is 37.4 Å². The molecule has 2 rings (SSSR count). The van der Waals surface area contributed by atoms with E-state index in [1.165, 1.54) is 11.8 Å². The number of aryl methyl sites for hydroxylation is 2. The molecule has 4 nitrogen and oxygen atoms in total. The average molecular weight is 263 g/mol. The minimum atomic E-state index is 0.644. The van der Waals surface area contributed by atoms with Crippen LogP contribution in [0.5, 0.6) is 0 Å². The van der Waals surface area contributed by atoms with Crippen LogP contribution in [-0.4, -0.2) is 16.5 Å². The quantitative estimate of drug-likeness (QED) is 0.892. The maximum atomic E-state index is 5.53. The molecule has 5 heteroatoms. The van der Waals surface area contributed by atoms with Crippen LogP contribution < -0.4 is 5.32 Å². The molecule has 0 aliphatic heterocycles. The van der Waals surface area contributed by atoms with Gasteiger partial charge in [-0.05, 0) is 44.2 Å².